The lowest BCUT2D eigenvalue weighted by molar-refractivity contribution is -0.140. The number of phenols is 1. The van der Waals surface area contributed by atoms with Crippen LogP contribution < -0.4 is 4.74 Å². The van der Waals surface area contributed by atoms with Crippen LogP contribution >= 0.6 is 0 Å². The van der Waals surface area contributed by atoms with E-state index in [2.05, 4.69) is 9.47 Å². The van der Waals surface area contributed by atoms with Crippen LogP contribution in [-0.4, -0.2) is 109 Å². The zero-order chi connectivity index (χ0) is 44.2. The number of aliphatic hydroxyl groups excluding tert-OH is 1. The molecule has 2 saturated heterocycles. The number of likely N-dealkylation sites (tertiary alicyclic amines) is 2. The molecule has 13 nitrogen and oxygen atoms in total. The summed E-state index contributed by atoms with van der Waals surface area (Å²) in [5, 5.41) is 17.7. The molecule has 0 aliphatic carbocycles. The highest BCUT2D eigenvalue weighted by Gasteiger charge is 2.28. The highest BCUT2D eigenvalue weighted by molar-refractivity contribution is 5.73. The monoisotopic (exact) mass is 836 g/mol. The van der Waals surface area contributed by atoms with Crippen molar-refractivity contribution in [3.8, 4) is 11.5 Å². The number of aliphatic hydroxyl groups is 1. The largest absolute Gasteiger partial charge is 0.508 e. The van der Waals surface area contributed by atoms with Gasteiger partial charge in [0, 0.05) is 44.9 Å². The summed E-state index contributed by atoms with van der Waals surface area (Å²) in [6.45, 7) is 15.0. The highest BCUT2D eigenvalue weighted by Crippen LogP contribution is 2.25. The number of methoxy groups -OCH3 is 2. The lowest BCUT2D eigenvalue weighted by Crippen LogP contribution is -2.41. The molecule has 0 saturated carbocycles. The first-order valence-corrected chi connectivity index (χ1v) is 20.3. The number of ether oxygens (including phenoxy) is 5. The van der Waals surface area contributed by atoms with Crippen LogP contribution in [0.15, 0.2) is 36.4 Å². The average molecular weight is 837 g/mol. The molecule has 2 N–H and O–H groups in total. The molecular formula is C44H66F2N2O11. The smallest absolute Gasteiger partial charge is 0.410 e. The van der Waals surface area contributed by atoms with E-state index in [4.69, 9.17) is 24.4 Å². The number of phenolic OH excluding ortho intramolecular Hbond substituents is 1. The van der Waals surface area contributed by atoms with Gasteiger partial charge in [0.15, 0.2) is 0 Å². The zero-order valence-electron chi connectivity index (χ0n) is 36.2. The number of aromatic hydroxyl groups is 1. The van der Waals surface area contributed by atoms with Gasteiger partial charge in [0.1, 0.15) is 34.3 Å². The maximum Gasteiger partial charge on any atom is 0.410 e. The normalized spacial score (nSPS) is 14.8. The molecule has 4 rings (SSSR count). The van der Waals surface area contributed by atoms with Crippen LogP contribution in [0.3, 0.4) is 0 Å². The Bertz CT molecular complexity index is 1610. The molecule has 0 aromatic heterocycles. The molecule has 2 aromatic carbocycles. The minimum Gasteiger partial charge on any atom is -0.508 e. The van der Waals surface area contributed by atoms with Crippen LogP contribution in [0, 0.1) is 23.5 Å². The molecule has 2 aliphatic rings. The fourth-order valence-corrected chi connectivity index (χ4v) is 6.30. The van der Waals surface area contributed by atoms with Gasteiger partial charge in [0.05, 0.1) is 33.7 Å². The minimum absolute atomic E-state index is 0.0927. The lowest BCUT2D eigenvalue weighted by Gasteiger charge is -2.33. The molecular weight excluding hydrogens is 770 g/mol. The first kappa shape index (κ1) is 50.5. The summed E-state index contributed by atoms with van der Waals surface area (Å²) in [5.74, 6) is -0.563. The Hall–Kier alpha value is -4.66. The van der Waals surface area contributed by atoms with Crippen molar-refractivity contribution >= 4 is 24.1 Å². The van der Waals surface area contributed by atoms with Crippen LogP contribution in [0.2, 0.25) is 0 Å². The van der Waals surface area contributed by atoms with E-state index in [0.29, 0.717) is 42.8 Å². The molecule has 15 heteroatoms. The van der Waals surface area contributed by atoms with Gasteiger partial charge in [-0.1, -0.05) is 12.1 Å². The zero-order valence-corrected chi connectivity index (χ0v) is 36.2. The Kier molecular flexibility index (Phi) is 21.5. The van der Waals surface area contributed by atoms with Crippen LogP contribution in [0.1, 0.15) is 104 Å². The maximum atomic E-state index is 14.0. The highest BCUT2D eigenvalue weighted by atomic mass is 19.1. The summed E-state index contributed by atoms with van der Waals surface area (Å²) in [7, 11) is 2.51. The molecule has 332 valence electrons. The van der Waals surface area contributed by atoms with Gasteiger partial charge in [-0.05, 0) is 128 Å². The van der Waals surface area contributed by atoms with E-state index in [1.807, 2.05) is 41.5 Å². The Morgan fingerprint density at radius 2 is 1.10 bits per heavy atom. The third-order valence-corrected chi connectivity index (χ3v) is 9.51. The summed E-state index contributed by atoms with van der Waals surface area (Å²) in [6.07, 6.45) is 7.12. The van der Waals surface area contributed by atoms with E-state index >= 15 is 0 Å². The SMILES string of the molecule is CC(C)(C)OC(=O)N1CCC(CCCO)CC1.COC(=O)Cc1ccc(O)cc1F.COC(=O)Cc1ccc(OCCCC2CCN(C(=O)OC(C)(C)C)CC2)cc1F. The minimum atomic E-state index is -0.606. The van der Waals surface area contributed by atoms with Crippen molar-refractivity contribution in [2.24, 2.45) is 11.8 Å². The van der Waals surface area contributed by atoms with Gasteiger partial charge < -0.3 is 43.7 Å². The number of hydrogen-bond acceptors (Lipinski definition) is 11. The number of piperidine rings is 2. The number of halogens is 2. The van der Waals surface area contributed by atoms with Crippen molar-refractivity contribution in [3.05, 3.63) is 59.2 Å². The van der Waals surface area contributed by atoms with Crippen molar-refractivity contribution in [1.82, 2.24) is 9.80 Å². The summed E-state index contributed by atoms with van der Waals surface area (Å²) >= 11 is 0. The molecule has 2 aliphatic heterocycles. The Balaban J connectivity index is 0.000000337. The number of esters is 2. The predicted molar refractivity (Wildman–Crippen MR) is 218 cm³/mol. The number of rotatable bonds is 12. The van der Waals surface area contributed by atoms with Gasteiger partial charge in [0.2, 0.25) is 0 Å². The van der Waals surface area contributed by atoms with E-state index in [9.17, 15) is 28.0 Å². The summed E-state index contributed by atoms with van der Waals surface area (Å²) in [5.41, 5.74) is -0.377. The number of amides is 2. The van der Waals surface area contributed by atoms with Crippen LogP contribution in [0.4, 0.5) is 18.4 Å². The number of carbonyl (C=O) groups excluding carboxylic acids is 4. The van der Waals surface area contributed by atoms with Gasteiger partial charge in [-0.2, -0.15) is 0 Å². The summed E-state index contributed by atoms with van der Waals surface area (Å²) < 4.78 is 52.3. The Labute approximate surface area is 348 Å². The fourth-order valence-electron chi connectivity index (χ4n) is 6.30. The van der Waals surface area contributed by atoms with Crippen molar-refractivity contribution < 1.29 is 61.9 Å². The molecule has 0 radical (unpaired) electrons. The van der Waals surface area contributed by atoms with Crippen LogP contribution in [0.5, 0.6) is 11.5 Å². The molecule has 0 atom stereocenters. The van der Waals surface area contributed by atoms with Gasteiger partial charge in [-0.25, -0.2) is 18.4 Å². The lowest BCUT2D eigenvalue weighted by atomic mass is 9.92. The second kappa shape index (κ2) is 25.1. The van der Waals surface area contributed by atoms with E-state index in [-0.39, 0.29) is 42.9 Å². The second-order valence-corrected chi connectivity index (χ2v) is 16.7. The first-order chi connectivity index (χ1) is 27.7. The number of benzene rings is 2. The number of carbonyl (C=O) groups is 4. The fraction of sp³-hybridized carbons (Fsp3) is 0.636. The molecule has 0 bridgehead atoms. The molecule has 2 fully saturated rings. The first-order valence-electron chi connectivity index (χ1n) is 20.3. The van der Waals surface area contributed by atoms with E-state index in [1.54, 1.807) is 21.9 Å². The van der Waals surface area contributed by atoms with Crippen molar-refractivity contribution in [2.45, 2.75) is 117 Å². The standard InChI is InChI=1S/C22H32FNO5.C13H25NO3.C9H9FO3/c1-22(2,3)29-21(26)24-11-9-16(10-12-24)6-5-13-28-18-8-7-17(19(23)15-18)14-20(25)27-4;1-13(2,3)17-12(16)14-8-6-11(7-9-14)5-4-10-15;1-13-9(12)4-6-2-3-7(11)5-8(6)10/h7-8,15-16H,5-6,9-14H2,1-4H3;11,15H,4-10H2,1-3H3;2-3,5,11H,4H2,1H3. The van der Waals surface area contributed by atoms with Gasteiger partial charge >= 0.3 is 24.1 Å². The second-order valence-electron chi connectivity index (χ2n) is 16.7. The Morgan fingerprint density at radius 3 is 1.49 bits per heavy atom. The summed E-state index contributed by atoms with van der Waals surface area (Å²) in [6, 6.07) is 8.15. The number of nitrogens with zero attached hydrogens (tertiary/aromatic N) is 2. The van der Waals surface area contributed by atoms with Crippen LogP contribution in [-0.2, 0) is 41.4 Å². The van der Waals surface area contributed by atoms with Gasteiger partial charge in [-0.3, -0.25) is 9.59 Å². The molecule has 2 amide bonds. The molecule has 2 heterocycles. The van der Waals surface area contributed by atoms with Gasteiger partial charge in [0.25, 0.3) is 0 Å². The molecule has 2 aromatic rings. The topological polar surface area (TPSA) is 161 Å². The molecule has 0 spiro atoms. The van der Waals surface area contributed by atoms with Gasteiger partial charge in [-0.15, -0.1) is 0 Å². The Morgan fingerprint density at radius 1 is 0.678 bits per heavy atom. The third kappa shape index (κ3) is 20.7. The average Bonchev–Trinajstić information content (AvgIpc) is 3.17. The van der Waals surface area contributed by atoms with E-state index in [0.717, 1.165) is 70.5 Å². The van der Waals surface area contributed by atoms with Crippen molar-refractivity contribution in [2.75, 3.05) is 53.6 Å². The third-order valence-electron chi connectivity index (χ3n) is 9.51. The summed E-state index contributed by atoms with van der Waals surface area (Å²) in [4.78, 5) is 49.5. The van der Waals surface area contributed by atoms with E-state index in [1.165, 1.54) is 32.4 Å². The van der Waals surface area contributed by atoms with Crippen molar-refractivity contribution in [3.63, 3.8) is 0 Å². The van der Waals surface area contributed by atoms with Crippen LogP contribution in [0.25, 0.3) is 0 Å². The van der Waals surface area contributed by atoms with Crippen molar-refractivity contribution in [1.29, 1.82) is 0 Å². The molecule has 59 heavy (non-hydrogen) atoms. The van der Waals surface area contributed by atoms with E-state index < -0.39 is 34.8 Å². The predicted octanol–water partition coefficient (Wildman–Crippen LogP) is 8.00. The molecule has 0 unspecified atom stereocenters. The maximum absolute atomic E-state index is 14.0. The number of hydrogen-bond donors (Lipinski definition) is 2. The quantitative estimate of drug-likeness (QED) is 0.121.